The number of anilines is 1. The van der Waals surface area contributed by atoms with Gasteiger partial charge in [0, 0.05) is 49.2 Å². The summed E-state index contributed by atoms with van der Waals surface area (Å²) in [7, 11) is 0. The van der Waals surface area contributed by atoms with E-state index in [1.54, 1.807) is 37.5 Å². The van der Waals surface area contributed by atoms with Gasteiger partial charge in [-0.3, -0.25) is 14.9 Å². The number of amides is 1. The van der Waals surface area contributed by atoms with Gasteiger partial charge in [0.05, 0.1) is 4.92 Å². The van der Waals surface area contributed by atoms with E-state index in [1.807, 2.05) is 0 Å². The maximum atomic E-state index is 12.3. The summed E-state index contributed by atoms with van der Waals surface area (Å²) in [4.78, 5) is 33.5. The first-order chi connectivity index (χ1) is 12.5. The average Bonchev–Trinajstić information content (AvgIpc) is 2.67. The molecular weight excluding hydrogens is 334 g/mol. The minimum Gasteiger partial charge on any atom is -0.352 e. The quantitative estimate of drug-likeness (QED) is 0.652. The van der Waals surface area contributed by atoms with Gasteiger partial charge in [-0.25, -0.2) is 9.97 Å². The molecule has 3 rings (SSSR count). The number of hydrogen-bond acceptors (Lipinski definition) is 6. The van der Waals surface area contributed by atoms with Crippen molar-refractivity contribution >= 4 is 17.5 Å². The Morgan fingerprint density at radius 2 is 2.00 bits per heavy atom. The van der Waals surface area contributed by atoms with Gasteiger partial charge >= 0.3 is 0 Å². The minimum absolute atomic E-state index is 0.0335. The van der Waals surface area contributed by atoms with Crippen molar-refractivity contribution in [1.82, 2.24) is 15.3 Å². The van der Waals surface area contributed by atoms with Crippen LogP contribution < -0.4 is 10.2 Å². The van der Waals surface area contributed by atoms with E-state index < -0.39 is 4.92 Å². The second-order valence-electron chi connectivity index (χ2n) is 6.45. The Kier molecular flexibility index (Phi) is 5.40. The minimum atomic E-state index is -0.465. The Balaban J connectivity index is 1.51. The number of aromatic nitrogens is 2. The number of nitro groups is 1. The zero-order valence-electron chi connectivity index (χ0n) is 14.6. The van der Waals surface area contributed by atoms with E-state index in [2.05, 4.69) is 20.2 Å². The third-order valence-electron chi connectivity index (χ3n) is 4.67. The Hall–Kier alpha value is -3.03. The maximum absolute atomic E-state index is 12.3. The second kappa shape index (κ2) is 7.90. The van der Waals surface area contributed by atoms with Crippen molar-refractivity contribution in [2.75, 3.05) is 24.5 Å². The number of piperidine rings is 1. The maximum Gasteiger partial charge on any atom is 0.273 e. The van der Waals surface area contributed by atoms with Crippen LogP contribution in [-0.2, 0) is 0 Å². The average molecular weight is 355 g/mol. The van der Waals surface area contributed by atoms with Gasteiger partial charge in [-0.2, -0.15) is 0 Å². The lowest BCUT2D eigenvalue weighted by atomic mass is 9.97. The number of nitro benzene ring substituents is 1. The number of hydrogen-bond donors (Lipinski definition) is 1. The van der Waals surface area contributed by atoms with Crippen LogP contribution in [0.5, 0.6) is 0 Å². The molecule has 0 bridgehead atoms. The van der Waals surface area contributed by atoms with Crippen LogP contribution in [0.1, 0.15) is 28.8 Å². The molecule has 1 fully saturated rings. The van der Waals surface area contributed by atoms with Gasteiger partial charge in [0.2, 0.25) is 5.95 Å². The van der Waals surface area contributed by atoms with Crippen LogP contribution in [0, 0.1) is 23.0 Å². The lowest BCUT2D eigenvalue weighted by Gasteiger charge is -2.31. The van der Waals surface area contributed by atoms with E-state index in [0.29, 0.717) is 23.6 Å². The summed E-state index contributed by atoms with van der Waals surface area (Å²) < 4.78 is 0. The first-order valence-corrected chi connectivity index (χ1v) is 8.60. The molecule has 1 aromatic heterocycles. The Morgan fingerprint density at radius 1 is 1.31 bits per heavy atom. The van der Waals surface area contributed by atoms with Gasteiger partial charge in [0.15, 0.2) is 0 Å². The molecule has 8 heteroatoms. The van der Waals surface area contributed by atoms with Crippen molar-refractivity contribution in [2.24, 2.45) is 5.92 Å². The van der Waals surface area contributed by atoms with Crippen molar-refractivity contribution in [2.45, 2.75) is 19.8 Å². The van der Waals surface area contributed by atoms with Crippen molar-refractivity contribution in [1.29, 1.82) is 0 Å². The molecule has 2 aromatic rings. The number of rotatable bonds is 5. The third kappa shape index (κ3) is 4.14. The summed E-state index contributed by atoms with van der Waals surface area (Å²) in [6.07, 6.45) is 5.34. The lowest BCUT2D eigenvalue weighted by Crippen LogP contribution is -2.39. The van der Waals surface area contributed by atoms with Gasteiger partial charge in [-0.15, -0.1) is 0 Å². The predicted molar refractivity (Wildman–Crippen MR) is 97.1 cm³/mol. The molecular formula is C18H21N5O3. The van der Waals surface area contributed by atoms with Gasteiger partial charge in [0.1, 0.15) is 0 Å². The van der Waals surface area contributed by atoms with E-state index in [9.17, 15) is 14.9 Å². The summed E-state index contributed by atoms with van der Waals surface area (Å²) in [5.41, 5.74) is 0.827. The fraction of sp³-hybridized carbons (Fsp3) is 0.389. The van der Waals surface area contributed by atoms with Crippen LogP contribution in [0.2, 0.25) is 0 Å². The molecule has 1 aliphatic heterocycles. The van der Waals surface area contributed by atoms with E-state index in [0.717, 1.165) is 31.9 Å². The largest absolute Gasteiger partial charge is 0.352 e. The van der Waals surface area contributed by atoms with Crippen molar-refractivity contribution in [3.63, 3.8) is 0 Å². The van der Waals surface area contributed by atoms with Crippen LogP contribution in [0.3, 0.4) is 0 Å². The molecule has 0 unspecified atom stereocenters. The van der Waals surface area contributed by atoms with Gasteiger partial charge in [0.25, 0.3) is 11.6 Å². The van der Waals surface area contributed by atoms with Crippen LogP contribution in [0.15, 0.2) is 36.7 Å². The smallest absolute Gasteiger partial charge is 0.273 e. The zero-order chi connectivity index (χ0) is 18.5. The Bertz CT molecular complexity index is 789. The summed E-state index contributed by atoms with van der Waals surface area (Å²) in [6.45, 7) is 3.91. The Labute approximate surface area is 151 Å². The molecule has 1 aliphatic rings. The Morgan fingerprint density at radius 3 is 2.65 bits per heavy atom. The molecule has 1 amide bonds. The monoisotopic (exact) mass is 355 g/mol. The van der Waals surface area contributed by atoms with Gasteiger partial charge < -0.3 is 10.2 Å². The molecule has 2 heterocycles. The topological polar surface area (TPSA) is 101 Å². The zero-order valence-corrected chi connectivity index (χ0v) is 14.6. The normalized spacial score (nSPS) is 14.9. The summed E-state index contributed by atoms with van der Waals surface area (Å²) in [5, 5.41) is 13.9. The molecule has 1 N–H and O–H groups in total. The van der Waals surface area contributed by atoms with Gasteiger partial charge in [-0.1, -0.05) is 6.07 Å². The van der Waals surface area contributed by atoms with E-state index in [1.165, 1.54) is 6.07 Å². The molecule has 26 heavy (non-hydrogen) atoms. The van der Waals surface area contributed by atoms with Crippen molar-refractivity contribution in [3.05, 3.63) is 57.9 Å². The first kappa shape index (κ1) is 17.8. The van der Waals surface area contributed by atoms with Crippen molar-refractivity contribution in [3.8, 4) is 0 Å². The highest BCUT2D eigenvalue weighted by Crippen LogP contribution is 2.21. The summed E-state index contributed by atoms with van der Waals surface area (Å²) in [5.74, 6) is 0.836. The van der Waals surface area contributed by atoms with E-state index in [-0.39, 0.29) is 11.6 Å². The summed E-state index contributed by atoms with van der Waals surface area (Å²) in [6, 6.07) is 6.35. The molecule has 1 saturated heterocycles. The van der Waals surface area contributed by atoms with Crippen LogP contribution in [-0.4, -0.2) is 40.4 Å². The molecule has 136 valence electrons. The molecule has 0 radical (unpaired) electrons. The summed E-state index contributed by atoms with van der Waals surface area (Å²) >= 11 is 0. The van der Waals surface area contributed by atoms with E-state index in [4.69, 9.17) is 0 Å². The fourth-order valence-corrected chi connectivity index (χ4v) is 3.08. The van der Waals surface area contributed by atoms with Crippen LogP contribution in [0.25, 0.3) is 0 Å². The lowest BCUT2D eigenvalue weighted by molar-refractivity contribution is -0.385. The molecule has 0 spiro atoms. The highest BCUT2D eigenvalue weighted by molar-refractivity contribution is 5.95. The van der Waals surface area contributed by atoms with Gasteiger partial charge in [-0.05, 0) is 37.8 Å². The number of nitrogens with one attached hydrogen (secondary N) is 1. The SMILES string of the molecule is Cc1ccc(C(=O)NCC2CCN(c3ncccn3)CC2)cc1[N+](=O)[O-]. The number of aryl methyl sites for hydroxylation is 1. The molecule has 0 atom stereocenters. The highest BCUT2D eigenvalue weighted by atomic mass is 16.6. The van der Waals surface area contributed by atoms with E-state index >= 15 is 0 Å². The number of carbonyl (C=O) groups excluding carboxylic acids is 1. The van der Waals surface area contributed by atoms with Crippen molar-refractivity contribution < 1.29 is 9.72 Å². The standard InChI is InChI=1S/C18H21N5O3/c1-13-3-4-15(11-16(13)23(25)26)17(24)21-12-14-5-9-22(10-6-14)18-19-7-2-8-20-18/h2-4,7-8,11,14H,5-6,9-10,12H2,1H3,(H,21,24). The highest BCUT2D eigenvalue weighted by Gasteiger charge is 2.22. The molecule has 0 saturated carbocycles. The van der Waals surface area contributed by atoms with Crippen LogP contribution >= 0.6 is 0 Å². The number of nitrogens with zero attached hydrogens (tertiary/aromatic N) is 4. The molecule has 1 aromatic carbocycles. The van der Waals surface area contributed by atoms with Crippen LogP contribution in [0.4, 0.5) is 11.6 Å². The molecule has 0 aliphatic carbocycles. The number of carbonyl (C=O) groups is 1. The number of benzene rings is 1. The fourth-order valence-electron chi connectivity index (χ4n) is 3.08. The second-order valence-corrected chi connectivity index (χ2v) is 6.45. The predicted octanol–water partition coefficient (Wildman–Crippen LogP) is 2.34. The first-order valence-electron chi connectivity index (χ1n) is 8.60. The third-order valence-corrected chi connectivity index (χ3v) is 4.67. The molecule has 8 nitrogen and oxygen atoms in total.